The van der Waals surface area contributed by atoms with Crippen molar-refractivity contribution in [3.63, 3.8) is 0 Å². The Kier molecular flexibility index (Phi) is 3.13. The zero-order valence-electron chi connectivity index (χ0n) is 9.61. The van der Waals surface area contributed by atoms with Gasteiger partial charge in [0.25, 0.3) is 0 Å². The summed E-state index contributed by atoms with van der Waals surface area (Å²) in [5.74, 6) is -0.323. The molecule has 4 nitrogen and oxygen atoms in total. The second-order valence-corrected chi connectivity index (χ2v) is 5.32. The van der Waals surface area contributed by atoms with Crippen molar-refractivity contribution in [2.24, 2.45) is 0 Å². The highest BCUT2D eigenvalue weighted by molar-refractivity contribution is 9.10. The van der Waals surface area contributed by atoms with Gasteiger partial charge in [0, 0.05) is 17.1 Å². The summed E-state index contributed by atoms with van der Waals surface area (Å²) in [6.45, 7) is 0.683. The second kappa shape index (κ2) is 4.78. The van der Waals surface area contributed by atoms with Crippen molar-refractivity contribution in [2.75, 3.05) is 0 Å². The van der Waals surface area contributed by atoms with Crippen LogP contribution in [-0.4, -0.2) is 21.0 Å². The molecule has 1 aromatic heterocycles. The standard InChI is InChI=1S/C12H12BrFN4/c13-8-1-4-12(11(14)5-8)18-7-10(16-17-18)6-15-9-2-3-9/h1,4-5,7,9,15H,2-3,6H2. The highest BCUT2D eigenvalue weighted by Gasteiger charge is 2.20. The van der Waals surface area contributed by atoms with Crippen LogP contribution in [0.15, 0.2) is 28.9 Å². The summed E-state index contributed by atoms with van der Waals surface area (Å²) in [5, 5.41) is 11.3. The molecule has 0 atom stereocenters. The number of hydrogen-bond donors (Lipinski definition) is 1. The highest BCUT2D eigenvalue weighted by atomic mass is 79.9. The largest absolute Gasteiger partial charge is 0.308 e. The van der Waals surface area contributed by atoms with E-state index in [-0.39, 0.29) is 5.82 Å². The topological polar surface area (TPSA) is 42.7 Å². The number of nitrogens with one attached hydrogen (secondary N) is 1. The van der Waals surface area contributed by atoms with E-state index >= 15 is 0 Å². The molecule has 1 heterocycles. The average Bonchev–Trinajstić information content (AvgIpc) is 3.05. The number of aromatic nitrogens is 3. The van der Waals surface area contributed by atoms with Crippen LogP contribution < -0.4 is 5.32 Å². The molecule has 6 heteroatoms. The lowest BCUT2D eigenvalue weighted by Gasteiger charge is -2.02. The molecule has 1 aromatic carbocycles. The fourth-order valence-corrected chi connectivity index (χ4v) is 2.03. The van der Waals surface area contributed by atoms with Gasteiger partial charge in [-0.1, -0.05) is 21.1 Å². The third-order valence-corrected chi connectivity index (χ3v) is 3.34. The lowest BCUT2D eigenvalue weighted by atomic mass is 10.3. The van der Waals surface area contributed by atoms with Gasteiger partial charge in [-0.3, -0.25) is 0 Å². The van der Waals surface area contributed by atoms with Crippen LogP contribution in [-0.2, 0) is 6.54 Å². The smallest absolute Gasteiger partial charge is 0.150 e. The first kappa shape index (κ1) is 11.8. The van der Waals surface area contributed by atoms with Crippen LogP contribution in [0.5, 0.6) is 0 Å². The van der Waals surface area contributed by atoms with Gasteiger partial charge in [0.15, 0.2) is 0 Å². The van der Waals surface area contributed by atoms with Gasteiger partial charge in [0.2, 0.25) is 0 Å². The number of rotatable bonds is 4. The summed E-state index contributed by atoms with van der Waals surface area (Å²) in [6.07, 6.45) is 4.21. The number of nitrogens with zero attached hydrogens (tertiary/aromatic N) is 3. The van der Waals surface area contributed by atoms with E-state index in [2.05, 4.69) is 31.6 Å². The van der Waals surface area contributed by atoms with Crippen LogP contribution in [0.2, 0.25) is 0 Å². The van der Waals surface area contributed by atoms with Gasteiger partial charge in [-0.15, -0.1) is 5.10 Å². The second-order valence-electron chi connectivity index (χ2n) is 4.41. The summed E-state index contributed by atoms with van der Waals surface area (Å²) in [7, 11) is 0. The molecule has 0 saturated heterocycles. The minimum Gasteiger partial charge on any atom is -0.308 e. The molecule has 1 aliphatic carbocycles. The van der Waals surface area contributed by atoms with Gasteiger partial charge in [0.1, 0.15) is 11.5 Å². The molecule has 0 amide bonds. The van der Waals surface area contributed by atoms with Crippen molar-refractivity contribution >= 4 is 15.9 Å². The molecular weight excluding hydrogens is 299 g/mol. The van der Waals surface area contributed by atoms with Gasteiger partial charge >= 0.3 is 0 Å². The molecule has 1 N–H and O–H groups in total. The van der Waals surface area contributed by atoms with Gasteiger partial charge in [-0.25, -0.2) is 9.07 Å². The quantitative estimate of drug-likeness (QED) is 0.943. The SMILES string of the molecule is Fc1cc(Br)ccc1-n1cc(CNC2CC2)nn1. The molecule has 1 aliphatic rings. The summed E-state index contributed by atoms with van der Waals surface area (Å²) in [6, 6.07) is 5.49. The predicted octanol–water partition coefficient (Wildman–Crippen LogP) is 2.42. The minimum atomic E-state index is -0.323. The van der Waals surface area contributed by atoms with E-state index in [9.17, 15) is 4.39 Å². The van der Waals surface area contributed by atoms with Crippen LogP contribution in [0.1, 0.15) is 18.5 Å². The van der Waals surface area contributed by atoms with Crippen LogP contribution >= 0.6 is 15.9 Å². The van der Waals surface area contributed by atoms with Crippen LogP contribution in [0.3, 0.4) is 0 Å². The maximum absolute atomic E-state index is 13.7. The maximum atomic E-state index is 13.7. The lowest BCUT2D eigenvalue weighted by molar-refractivity contribution is 0.606. The van der Waals surface area contributed by atoms with Crippen LogP contribution in [0.25, 0.3) is 5.69 Å². The van der Waals surface area contributed by atoms with Crippen molar-refractivity contribution in [3.05, 3.63) is 40.4 Å². The Balaban J connectivity index is 1.78. The third kappa shape index (κ3) is 2.59. The molecule has 0 unspecified atom stereocenters. The van der Waals surface area contributed by atoms with E-state index in [4.69, 9.17) is 0 Å². The number of hydrogen-bond acceptors (Lipinski definition) is 3. The fraction of sp³-hybridized carbons (Fsp3) is 0.333. The van der Waals surface area contributed by atoms with Crippen molar-refractivity contribution in [2.45, 2.75) is 25.4 Å². The van der Waals surface area contributed by atoms with E-state index in [1.807, 2.05) is 0 Å². The molecule has 0 aliphatic heterocycles. The van der Waals surface area contributed by atoms with Gasteiger partial charge in [0.05, 0.1) is 11.9 Å². The normalized spacial score (nSPS) is 15.0. The molecule has 1 saturated carbocycles. The average molecular weight is 311 g/mol. The third-order valence-electron chi connectivity index (χ3n) is 2.85. The summed E-state index contributed by atoms with van der Waals surface area (Å²) < 4.78 is 15.9. The fourth-order valence-electron chi connectivity index (χ4n) is 1.70. The van der Waals surface area contributed by atoms with Crippen LogP contribution in [0.4, 0.5) is 4.39 Å². The van der Waals surface area contributed by atoms with Crippen molar-refractivity contribution < 1.29 is 4.39 Å². The Morgan fingerprint density at radius 1 is 1.44 bits per heavy atom. The summed E-state index contributed by atoms with van der Waals surface area (Å²) in [5.41, 5.74) is 1.23. The predicted molar refractivity (Wildman–Crippen MR) is 68.9 cm³/mol. The van der Waals surface area contributed by atoms with E-state index in [1.54, 1.807) is 18.3 Å². The maximum Gasteiger partial charge on any atom is 0.150 e. The molecular formula is C12H12BrFN4. The summed E-state index contributed by atoms with van der Waals surface area (Å²) >= 11 is 3.23. The zero-order valence-corrected chi connectivity index (χ0v) is 11.2. The Morgan fingerprint density at radius 2 is 2.28 bits per heavy atom. The molecule has 0 spiro atoms. The minimum absolute atomic E-state index is 0.323. The summed E-state index contributed by atoms with van der Waals surface area (Å²) in [4.78, 5) is 0. The highest BCUT2D eigenvalue weighted by Crippen LogP contribution is 2.20. The Labute approximate surface area is 112 Å². The molecule has 3 rings (SSSR count). The lowest BCUT2D eigenvalue weighted by Crippen LogP contribution is -2.15. The zero-order chi connectivity index (χ0) is 12.5. The van der Waals surface area contributed by atoms with Crippen molar-refractivity contribution in [1.82, 2.24) is 20.3 Å². The Bertz CT molecular complexity index is 565. The van der Waals surface area contributed by atoms with Crippen LogP contribution in [0, 0.1) is 5.82 Å². The van der Waals surface area contributed by atoms with Gasteiger partial charge in [-0.05, 0) is 31.0 Å². The van der Waals surface area contributed by atoms with Crippen molar-refractivity contribution in [3.8, 4) is 5.69 Å². The number of benzene rings is 1. The van der Waals surface area contributed by atoms with E-state index in [1.165, 1.54) is 23.6 Å². The van der Waals surface area contributed by atoms with Gasteiger partial charge < -0.3 is 5.32 Å². The first-order valence-corrected chi connectivity index (χ1v) is 6.62. The van der Waals surface area contributed by atoms with E-state index in [0.717, 1.165) is 5.69 Å². The first-order valence-electron chi connectivity index (χ1n) is 5.82. The number of halogens is 2. The molecule has 1 fully saturated rings. The Morgan fingerprint density at radius 3 is 3.00 bits per heavy atom. The molecule has 2 aromatic rings. The Hall–Kier alpha value is -1.27. The first-order chi connectivity index (χ1) is 8.72. The molecule has 18 heavy (non-hydrogen) atoms. The van der Waals surface area contributed by atoms with E-state index < -0.39 is 0 Å². The molecule has 0 bridgehead atoms. The molecule has 0 radical (unpaired) electrons. The van der Waals surface area contributed by atoms with E-state index in [0.29, 0.717) is 22.7 Å². The monoisotopic (exact) mass is 310 g/mol. The van der Waals surface area contributed by atoms with Crippen molar-refractivity contribution in [1.29, 1.82) is 0 Å². The van der Waals surface area contributed by atoms with Gasteiger partial charge in [-0.2, -0.15) is 0 Å². The molecule has 94 valence electrons.